The maximum absolute atomic E-state index is 12.7. The lowest BCUT2D eigenvalue weighted by Gasteiger charge is -2.23. The van der Waals surface area contributed by atoms with Gasteiger partial charge in [-0.05, 0) is 30.2 Å². The molecule has 2 aromatic carbocycles. The number of hydrogen-bond acceptors (Lipinski definition) is 5. The third-order valence-corrected chi connectivity index (χ3v) is 5.65. The number of carbonyl (C=O) groups is 1. The molecule has 5 rings (SSSR count). The summed E-state index contributed by atoms with van der Waals surface area (Å²) >= 11 is 0. The van der Waals surface area contributed by atoms with Crippen LogP contribution in [0.3, 0.4) is 0 Å². The standard InChI is InChI=1S/C23H22N6O2/c1-27-22-17(14-25-27)23(31)28(15-24-22)12-11-21(30)26-18-7-3-5-9-20(18)29-13-10-16-6-2-4-8-19(16)29/h2-9,14-15H,10-13H2,1H3,(H,26,30). The Balaban J connectivity index is 1.32. The van der Waals surface area contributed by atoms with Crippen molar-refractivity contribution in [1.29, 1.82) is 0 Å². The van der Waals surface area contributed by atoms with E-state index in [1.54, 1.807) is 11.7 Å². The Labute approximate surface area is 178 Å². The average molecular weight is 414 g/mol. The first-order valence-electron chi connectivity index (χ1n) is 10.2. The number of aromatic nitrogens is 4. The molecule has 2 aromatic heterocycles. The molecule has 0 fully saturated rings. The van der Waals surface area contributed by atoms with Crippen LogP contribution in [-0.4, -0.2) is 31.8 Å². The summed E-state index contributed by atoms with van der Waals surface area (Å²) in [5.74, 6) is -0.155. The normalized spacial score (nSPS) is 12.9. The summed E-state index contributed by atoms with van der Waals surface area (Å²) in [7, 11) is 1.74. The summed E-state index contributed by atoms with van der Waals surface area (Å²) in [4.78, 5) is 31.8. The molecular weight excluding hydrogens is 392 g/mol. The van der Waals surface area contributed by atoms with Crippen LogP contribution in [0, 0.1) is 0 Å². The van der Waals surface area contributed by atoms with Crippen LogP contribution in [-0.2, 0) is 24.8 Å². The highest BCUT2D eigenvalue weighted by molar-refractivity contribution is 5.95. The SMILES string of the molecule is Cn1ncc2c(=O)n(CCC(=O)Nc3ccccc3N3CCc4ccccc43)cnc21. The van der Waals surface area contributed by atoms with Crippen molar-refractivity contribution in [3.63, 3.8) is 0 Å². The van der Waals surface area contributed by atoms with E-state index in [1.807, 2.05) is 30.3 Å². The van der Waals surface area contributed by atoms with Gasteiger partial charge < -0.3 is 10.2 Å². The number of aryl methyl sites for hydroxylation is 2. The Morgan fingerprint density at radius 1 is 1.10 bits per heavy atom. The van der Waals surface area contributed by atoms with Crippen LogP contribution < -0.4 is 15.8 Å². The number of anilines is 3. The van der Waals surface area contributed by atoms with Gasteiger partial charge in [0.15, 0.2) is 5.65 Å². The van der Waals surface area contributed by atoms with E-state index in [0.29, 0.717) is 11.0 Å². The monoisotopic (exact) mass is 414 g/mol. The minimum absolute atomic E-state index is 0.155. The van der Waals surface area contributed by atoms with Crippen molar-refractivity contribution in [1.82, 2.24) is 19.3 Å². The molecule has 0 spiro atoms. The van der Waals surface area contributed by atoms with Gasteiger partial charge in [0.25, 0.3) is 5.56 Å². The lowest BCUT2D eigenvalue weighted by molar-refractivity contribution is -0.116. The molecule has 8 heteroatoms. The number of rotatable bonds is 5. The van der Waals surface area contributed by atoms with Crippen molar-refractivity contribution in [2.75, 3.05) is 16.8 Å². The van der Waals surface area contributed by atoms with E-state index in [2.05, 4.69) is 38.5 Å². The molecule has 4 aromatic rings. The van der Waals surface area contributed by atoms with Crippen LogP contribution in [0.5, 0.6) is 0 Å². The number of nitrogens with zero attached hydrogens (tertiary/aromatic N) is 5. The minimum atomic E-state index is -0.194. The first-order valence-corrected chi connectivity index (χ1v) is 10.2. The van der Waals surface area contributed by atoms with E-state index in [0.717, 1.165) is 24.3 Å². The zero-order valence-electron chi connectivity index (χ0n) is 17.2. The molecule has 1 aliphatic heterocycles. The van der Waals surface area contributed by atoms with E-state index in [9.17, 15) is 9.59 Å². The maximum atomic E-state index is 12.7. The van der Waals surface area contributed by atoms with Crippen molar-refractivity contribution in [2.45, 2.75) is 19.4 Å². The fourth-order valence-electron chi connectivity index (χ4n) is 4.06. The molecule has 0 unspecified atom stereocenters. The Hall–Kier alpha value is -3.94. The van der Waals surface area contributed by atoms with E-state index in [1.165, 1.54) is 28.3 Å². The van der Waals surface area contributed by atoms with Crippen molar-refractivity contribution >= 4 is 34.0 Å². The molecule has 0 radical (unpaired) electrons. The zero-order chi connectivity index (χ0) is 21.4. The van der Waals surface area contributed by atoms with Crippen molar-refractivity contribution < 1.29 is 4.79 Å². The quantitative estimate of drug-likeness (QED) is 0.543. The molecule has 0 saturated heterocycles. The lowest BCUT2D eigenvalue weighted by atomic mass is 10.1. The van der Waals surface area contributed by atoms with Crippen LogP contribution in [0.4, 0.5) is 17.1 Å². The number of fused-ring (bicyclic) bond motifs is 2. The molecule has 0 bridgehead atoms. The van der Waals surface area contributed by atoms with E-state index in [-0.39, 0.29) is 24.4 Å². The van der Waals surface area contributed by atoms with E-state index < -0.39 is 0 Å². The van der Waals surface area contributed by atoms with Gasteiger partial charge in [-0.25, -0.2) is 4.98 Å². The van der Waals surface area contributed by atoms with Crippen LogP contribution in [0.15, 0.2) is 65.8 Å². The van der Waals surface area contributed by atoms with Gasteiger partial charge in [0.2, 0.25) is 5.91 Å². The van der Waals surface area contributed by atoms with Crippen LogP contribution in [0.1, 0.15) is 12.0 Å². The average Bonchev–Trinajstić information content (AvgIpc) is 3.38. The van der Waals surface area contributed by atoms with Crippen LogP contribution in [0.25, 0.3) is 11.0 Å². The summed E-state index contributed by atoms with van der Waals surface area (Å²) in [6, 6.07) is 16.1. The highest BCUT2D eigenvalue weighted by atomic mass is 16.2. The number of para-hydroxylation sites is 3. The fourth-order valence-corrected chi connectivity index (χ4v) is 4.06. The fraction of sp³-hybridized carbons (Fsp3) is 0.217. The molecule has 156 valence electrons. The Kier molecular flexibility index (Phi) is 4.74. The molecule has 0 atom stereocenters. The lowest BCUT2D eigenvalue weighted by Crippen LogP contribution is -2.24. The maximum Gasteiger partial charge on any atom is 0.264 e. The summed E-state index contributed by atoms with van der Waals surface area (Å²) in [5.41, 5.74) is 4.55. The number of amides is 1. The first-order chi connectivity index (χ1) is 15.1. The summed E-state index contributed by atoms with van der Waals surface area (Å²) in [6.45, 7) is 1.12. The minimum Gasteiger partial charge on any atom is -0.339 e. The molecule has 0 saturated carbocycles. The van der Waals surface area contributed by atoms with Crippen LogP contribution in [0.2, 0.25) is 0 Å². The molecule has 0 aliphatic carbocycles. The van der Waals surface area contributed by atoms with Crippen molar-refractivity contribution in [3.05, 3.63) is 77.0 Å². The third kappa shape index (κ3) is 3.46. The van der Waals surface area contributed by atoms with E-state index in [4.69, 9.17) is 0 Å². The Morgan fingerprint density at radius 3 is 2.74 bits per heavy atom. The first kappa shape index (κ1) is 19.0. The molecule has 3 heterocycles. The molecule has 8 nitrogen and oxygen atoms in total. The summed E-state index contributed by atoms with van der Waals surface area (Å²) < 4.78 is 3.01. The number of benzene rings is 2. The zero-order valence-corrected chi connectivity index (χ0v) is 17.2. The topological polar surface area (TPSA) is 85.0 Å². The van der Waals surface area contributed by atoms with Gasteiger partial charge in [-0.2, -0.15) is 5.10 Å². The number of carbonyl (C=O) groups excluding carboxylic acids is 1. The highest BCUT2D eigenvalue weighted by Gasteiger charge is 2.22. The van der Waals surface area contributed by atoms with Gasteiger partial charge in [-0.1, -0.05) is 30.3 Å². The highest BCUT2D eigenvalue weighted by Crippen LogP contribution is 2.38. The molecule has 1 amide bonds. The third-order valence-electron chi connectivity index (χ3n) is 5.65. The molecule has 31 heavy (non-hydrogen) atoms. The Bertz CT molecular complexity index is 1340. The summed E-state index contributed by atoms with van der Waals surface area (Å²) in [5, 5.41) is 7.53. The van der Waals surface area contributed by atoms with Crippen molar-refractivity contribution in [3.8, 4) is 0 Å². The van der Waals surface area contributed by atoms with Crippen molar-refractivity contribution in [2.24, 2.45) is 7.05 Å². The van der Waals surface area contributed by atoms with Gasteiger partial charge in [0, 0.05) is 32.2 Å². The smallest absolute Gasteiger partial charge is 0.264 e. The molecule has 1 aliphatic rings. The van der Waals surface area contributed by atoms with Gasteiger partial charge in [-0.15, -0.1) is 0 Å². The van der Waals surface area contributed by atoms with Gasteiger partial charge in [0.1, 0.15) is 5.39 Å². The largest absolute Gasteiger partial charge is 0.339 e. The Morgan fingerprint density at radius 2 is 1.87 bits per heavy atom. The molecular formula is C23H22N6O2. The van der Waals surface area contributed by atoms with Crippen LogP contribution >= 0.6 is 0 Å². The second-order valence-corrected chi connectivity index (χ2v) is 7.59. The molecule has 1 N–H and O–H groups in total. The second-order valence-electron chi connectivity index (χ2n) is 7.59. The summed E-state index contributed by atoms with van der Waals surface area (Å²) in [6.07, 6.45) is 4.11. The second kappa shape index (κ2) is 7.71. The van der Waals surface area contributed by atoms with Gasteiger partial charge in [-0.3, -0.25) is 18.8 Å². The number of nitrogens with one attached hydrogen (secondary N) is 1. The van der Waals surface area contributed by atoms with E-state index >= 15 is 0 Å². The predicted octanol–water partition coefficient (Wildman–Crippen LogP) is 2.85. The van der Waals surface area contributed by atoms with Gasteiger partial charge >= 0.3 is 0 Å². The predicted molar refractivity (Wildman–Crippen MR) is 120 cm³/mol. The number of hydrogen-bond donors (Lipinski definition) is 1. The van der Waals surface area contributed by atoms with Gasteiger partial charge in [0.05, 0.1) is 23.9 Å².